The van der Waals surface area contributed by atoms with E-state index >= 15 is 0 Å². The van der Waals surface area contributed by atoms with Gasteiger partial charge in [0.15, 0.2) is 5.65 Å². The quantitative estimate of drug-likeness (QED) is 0.484. The second kappa shape index (κ2) is 8.59. The number of amides is 1. The monoisotopic (exact) mass is 424 g/mol. The molecule has 0 fully saturated rings. The van der Waals surface area contributed by atoms with E-state index in [4.69, 9.17) is 0 Å². The van der Waals surface area contributed by atoms with Crippen LogP contribution in [-0.2, 0) is 17.9 Å². The van der Waals surface area contributed by atoms with Crippen molar-refractivity contribution < 1.29 is 18.0 Å². The van der Waals surface area contributed by atoms with E-state index in [9.17, 15) is 18.0 Å². The van der Waals surface area contributed by atoms with E-state index in [2.05, 4.69) is 15.4 Å². The van der Waals surface area contributed by atoms with Crippen molar-refractivity contribution >= 4 is 16.9 Å². The number of benzene rings is 2. The highest BCUT2D eigenvalue weighted by atomic mass is 19.3. The molecule has 2 aromatic carbocycles. The molecule has 4 rings (SSSR count). The Hall–Kier alpha value is -3.68. The number of halogens is 3. The van der Waals surface area contributed by atoms with Gasteiger partial charge in [0.1, 0.15) is 12.4 Å². The fourth-order valence-corrected chi connectivity index (χ4v) is 3.42. The highest BCUT2D eigenvalue weighted by molar-refractivity contribution is 5.87. The van der Waals surface area contributed by atoms with Gasteiger partial charge >= 0.3 is 0 Å². The minimum absolute atomic E-state index is 0.167. The van der Waals surface area contributed by atoms with E-state index in [0.717, 1.165) is 5.56 Å². The largest absolute Gasteiger partial charge is 0.350 e. The van der Waals surface area contributed by atoms with Crippen LogP contribution in [-0.4, -0.2) is 20.7 Å². The van der Waals surface area contributed by atoms with Crippen LogP contribution >= 0.6 is 0 Å². The van der Waals surface area contributed by atoms with Crippen LogP contribution in [0.1, 0.15) is 23.2 Å². The number of hydrogen-bond donors (Lipinski definition) is 1. The lowest BCUT2D eigenvalue weighted by Crippen LogP contribution is -2.27. The Balaban J connectivity index is 1.65. The van der Waals surface area contributed by atoms with Crippen LogP contribution < -0.4 is 5.32 Å². The van der Waals surface area contributed by atoms with Crippen LogP contribution in [0.2, 0.25) is 0 Å². The van der Waals surface area contributed by atoms with Crippen molar-refractivity contribution in [2.24, 2.45) is 0 Å². The Morgan fingerprint density at radius 3 is 2.48 bits per heavy atom. The van der Waals surface area contributed by atoms with Gasteiger partial charge in [0.05, 0.1) is 16.8 Å². The number of carbonyl (C=O) groups is 1. The molecule has 0 saturated heterocycles. The first-order chi connectivity index (χ1) is 14.9. The third-order valence-electron chi connectivity index (χ3n) is 4.91. The molecule has 0 aliphatic rings. The summed E-state index contributed by atoms with van der Waals surface area (Å²) in [6.07, 6.45) is -2.71. The molecule has 5 nitrogen and oxygen atoms in total. The smallest absolute Gasteiger partial charge is 0.264 e. The molecule has 0 spiro atoms. The van der Waals surface area contributed by atoms with Crippen LogP contribution in [0.5, 0.6) is 0 Å². The number of hydrogen-bond acceptors (Lipinski definition) is 3. The summed E-state index contributed by atoms with van der Waals surface area (Å²) in [5, 5.41) is 7.26. The highest BCUT2D eigenvalue weighted by Gasteiger charge is 2.21. The van der Waals surface area contributed by atoms with Crippen LogP contribution in [0.4, 0.5) is 13.2 Å². The number of carbonyl (C=O) groups excluding carboxylic acids is 1. The van der Waals surface area contributed by atoms with Crippen molar-refractivity contribution in [1.82, 2.24) is 20.1 Å². The molecule has 1 N–H and O–H groups in total. The first-order valence-corrected chi connectivity index (χ1v) is 9.65. The van der Waals surface area contributed by atoms with Gasteiger partial charge in [0.2, 0.25) is 5.91 Å². The summed E-state index contributed by atoms with van der Waals surface area (Å²) >= 11 is 0. The zero-order chi connectivity index (χ0) is 22.0. The molecule has 31 heavy (non-hydrogen) atoms. The first kappa shape index (κ1) is 20.6. The highest BCUT2D eigenvalue weighted by Crippen LogP contribution is 2.32. The molecule has 0 radical (unpaired) electrons. The Morgan fingerprint density at radius 1 is 1.10 bits per heavy atom. The van der Waals surface area contributed by atoms with Crippen molar-refractivity contribution in [1.29, 1.82) is 0 Å². The normalized spacial score (nSPS) is 11.3. The third kappa shape index (κ3) is 4.42. The van der Waals surface area contributed by atoms with Crippen LogP contribution in [0, 0.1) is 12.7 Å². The maximum Gasteiger partial charge on any atom is 0.264 e. The molecule has 0 saturated carbocycles. The number of fused-ring (bicyclic) bond motifs is 1. The minimum Gasteiger partial charge on any atom is -0.350 e. The van der Waals surface area contributed by atoms with E-state index in [1.807, 2.05) is 6.07 Å². The fourth-order valence-electron chi connectivity index (χ4n) is 3.42. The van der Waals surface area contributed by atoms with Crippen LogP contribution in [0.25, 0.3) is 22.3 Å². The van der Waals surface area contributed by atoms with Gasteiger partial charge in [-0.1, -0.05) is 42.5 Å². The number of alkyl halides is 2. The lowest BCUT2D eigenvalue weighted by atomic mass is 10.1. The second-order valence-electron chi connectivity index (χ2n) is 7.11. The van der Waals surface area contributed by atoms with E-state index in [-0.39, 0.29) is 41.4 Å². The molecule has 1 amide bonds. The second-order valence-corrected chi connectivity index (χ2v) is 7.11. The van der Waals surface area contributed by atoms with Gasteiger partial charge in [-0.05, 0) is 30.7 Å². The van der Waals surface area contributed by atoms with Gasteiger partial charge in [-0.25, -0.2) is 22.8 Å². The van der Waals surface area contributed by atoms with Crippen molar-refractivity contribution in [3.63, 3.8) is 0 Å². The van der Waals surface area contributed by atoms with Gasteiger partial charge in [-0.3, -0.25) is 4.79 Å². The van der Waals surface area contributed by atoms with Crippen molar-refractivity contribution in [3.05, 3.63) is 83.3 Å². The molecule has 2 heterocycles. The maximum atomic E-state index is 13.8. The first-order valence-electron chi connectivity index (χ1n) is 9.65. The summed E-state index contributed by atoms with van der Waals surface area (Å²) in [6.45, 7) is 1.65. The number of rotatable bonds is 6. The topological polar surface area (TPSA) is 59.8 Å². The van der Waals surface area contributed by atoms with Gasteiger partial charge in [-0.2, -0.15) is 5.10 Å². The van der Waals surface area contributed by atoms with Gasteiger partial charge in [0.25, 0.3) is 6.43 Å². The van der Waals surface area contributed by atoms with Crippen LogP contribution in [0.15, 0.2) is 60.7 Å². The number of nitrogens with one attached hydrogen (secondary N) is 1. The third-order valence-corrected chi connectivity index (χ3v) is 4.91. The van der Waals surface area contributed by atoms with Crippen molar-refractivity contribution in [2.45, 2.75) is 26.4 Å². The van der Waals surface area contributed by atoms with Gasteiger partial charge in [0, 0.05) is 17.7 Å². The molecule has 158 valence electrons. The average molecular weight is 424 g/mol. The molecule has 2 aromatic heterocycles. The van der Waals surface area contributed by atoms with E-state index in [0.29, 0.717) is 17.0 Å². The summed E-state index contributed by atoms with van der Waals surface area (Å²) in [5.41, 5.74) is 2.25. The Morgan fingerprint density at radius 2 is 1.81 bits per heavy atom. The maximum absolute atomic E-state index is 13.8. The molecule has 0 aliphatic carbocycles. The molecule has 0 unspecified atom stereocenters. The minimum atomic E-state index is -2.71. The zero-order valence-corrected chi connectivity index (χ0v) is 16.6. The standard InChI is InChI=1S/C23H19F3N4O/c1-14-21-18(22(25)26)11-19(16-5-3-2-4-6-16)28-23(21)30(29-14)13-20(31)27-12-15-7-9-17(24)10-8-15/h2-11,22H,12-13H2,1H3,(H,27,31). The molecule has 8 heteroatoms. The molecule has 0 bridgehead atoms. The summed E-state index contributed by atoms with van der Waals surface area (Å²) in [5.74, 6) is -0.720. The number of nitrogens with zero attached hydrogens (tertiary/aromatic N) is 3. The molecular weight excluding hydrogens is 405 g/mol. The molecule has 4 aromatic rings. The number of pyridine rings is 1. The molecular formula is C23H19F3N4O. The summed E-state index contributed by atoms with van der Waals surface area (Å²) < 4.78 is 42.0. The Labute approximate surface area is 176 Å². The van der Waals surface area contributed by atoms with Crippen molar-refractivity contribution in [3.8, 4) is 11.3 Å². The van der Waals surface area contributed by atoms with E-state index < -0.39 is 6.43 Å². The van der Waals surface area contributed by atoms with Crippen LogP contribution in [0.3, 0.4) is 0 Å². The Kier molecular flexibility index (Phi) is 5.70. The predicted molar refractivity (Wildman–Crippen MR) is 111 cm³/mol. The predicted octanol–water partition coefficient (Wildman–Crippen LogP) is 4.80. The SMILES string of the molecule is Cc1nn(CC(=O)NCc2ccc(F)cc2)c2nc(-c3ccccc3)cc(C(F)F)c12. The number of aryl methyl sites for hydroxylation is 1. The molecule has 0 atom stereocenters. The van der Waals surface area contributed by atoms with Gasteiger partial charge < -0.3 is 5.32 Å². The lowest BCUT2D eigenvalue weighted by molar-refractivity contribution is -0.121. The Bertz CT molecular complexity index is 1220. The summed E-state index contributed by atoms with van der Waals surface area (Å²) in [6, 6.07) is 16.1. The fraction of sp³-hybridized carbons (Fsp3) is 0.174. The van der Waals surface area contributed by atoms with Gasteiger partial charge in [-0.15, -0.1) is 0 Å². The molecule has 0 aliphatic heterocycles. The summed E-state index contributed by atoms with van der Waals surface area (Å²) in [7, 11) is 0. The summed E-state index contributed by atoms with van der Waals surface area (Å²) in [4.78, 5) is 17.0. The van der Waals surface area contributed by atoms with E-state index in [1.165, 1.54) is 22.9 Å². The zero-order valence-electron chi connectivity index (χ0n) is 16.6. The van der Waals surface area contributed by atoms with E-state index in [1.54, 1.807) is 43.3 Å². The van der Waals surface area contributed by atoms with Crippen molar-refractivity contribution in [2.75, 3.05) is 0 Å². The number of aromatic nitrogens is 3. The average Bonchev–Trinajstić information content (AvgIpc) is 3.08. The lowest BCUT2D eigenvalue weighted by Gasteiger charge is -2.09.